The van der Waals surface area contributed by atoms with Gasteiger partial charge in [0.05, 0.1) is 12.1 Å². The second kappa shape index (κ2) is 11.3. The summed E-state index contributed by atoms with van der Waals surface area (Å²) in [7, 11) is 0. The Bertz CT molecular complexity index is 776. The second-order valence-electron chi connectivity index (χ2n) is 7.51. The van der Waals surface area contributed by atoms with E-state index in [1.165, 1.54) is 4.90 Å². The molecule has 30 heavy (non-hydrogen) atoms. The molecule has 0 spiro atoms. The van der Waals surface area contributed by atoms with Crippen molar-refractivity contribution in [1.82, 2.24) is 14.7 Å². The normalized spacial score (nSPS) is 17.0. The third-order valence-corrected chi connectivity index (χ3v) is 5.28. The molecule has 0 aliphatic carbocycles. The average Bonchev–Trinajstić information content (AvgIpc) is 3.03. The molecule has 1 aromatic carbocycles. The van der Waals surface area contributed by atoms with Gasteiger partial charge >= 0.3 is 6.03 Å². The molecule has 1 aliphatic heterocycles. The van der Waals surface area contributed by atoms with Crippen molar-refractivity contribution in [3.8, 4) is 6.07 Å². The van der Waals surface area contributed by atoms with E-state index in [-0.39, 0.29) is 37.6 Å². The molecule has 0 unspecified atom stereocenters. The third kappa shape index (κ3) is 5.76. The molecular formula is C21H30N6O3. The van der Waals surface area contributed by atoms with Crippen molar-refractivity contribution in [3.63, 3.8) is 0 Å². The Morgan fingerprint density at radius 2 is 2.00 bits per heavy atom. The number of carbonyl (C=O) groups is 2. The molecule has 1 fully saturated rings. The molecule has 0 radical (unpaired) electrons. The molecule has 2 rings (SSSR count). The average molecular weight is 415 g/mol. The van der Waals surface area contributed by atoms with Crippen LogP contribution in [0.1, 0.15) is 37.8 Å². The molecule has 1 heterocycles. The Morgan fingerprint density at radius 3 is 2.57 bits per heavy atom. The predicted octanol–water partition coefficient (Wildman–Crippen LogP) is 2.06. The van der Waals surface area contributed by atoms with Gasteiger partial charge in [-0.2, -0.15) is 10.2 Å². The standard InChI is InChI=1S/C21H30N6O3/c1-3-10-25(11-9-22)20(28)19(23)15-26-14-18(4-2)27(21(26)29)13-17-7-5-16(6-8-17)12-24-30/h5-8,18-19H,3-4,10-15,23H2,1-2H3/t18-,19-/m0/s1. The lowest BCUT2D eigenvalue weighted by Crippen LogP contribution is -2.50. The van der Waals surface area contributed by atoms with E-state index in [1.54, 1.807) is 9.80 Å². The van der Waals surface area contributed by atoms with E-state index >= 15 is 0 Å². The SMILES string of the molecule is CCCN(CC#N)C(=O)[C@@H](N)CN1C[C@H](CC)N(Cc2ccc(CN=O)cc2)C1=O. The first kappa shape index (κ1) is 23.3. The van der Waals surface area contributed by atoms with E-state index in [0.29, 0.717) is 19.6 Å². The van der Waals surface area contributed by atoms with Gasteiger partial charge in [0.2, 0.25) is 5.91 Å². The summed E-state index contributed by atoms with van der Waals surface area (Å²) in [6.07, 6.45) is 1.52. The van der Waals surface area contributed by atoms with E-state index < -0.39 is 6.04 Å². The summed E-state index contributed by atoms with van der Waals surface area (Å²) in [4.78, 5) is 40.8. The maximum atomic E-state index is 13.0. The van der Waals surface area contributed by atoms with Crippen LogP contribution >= 0.6 is 0 Å². The van der Waals surface area contributed by atoms with Gasteiger partial charge in [0, 0.05) is 26.2 Å². The molecule has 9 heteroatoms. The van der Waals surface area contributed by atoms with E-state index in [2.05, 4.69) is 5.18 Å². The van der Waals surface area contributed by atoms with Crippen LogP contribution in [-0.4, -0.2) is 64.9 Å². The van der Waals surface area contributed by atoms with Crippen LogP contribution in [0, 0.1) is 16.2 Å². The summed E-state index contributed by atoms with van der Waals surface area (Å²) in [6, 6.07) is 8.47. The fourth-order valence-corrected chi connectivity index (χ4v) is 3.66. The molecule has 3 amide bonds. The molecular weight excluding hydrogens is 384 g/mol. The van der Waals surface area contributed by atoms with Crippen molar-refractivity contribution in [1.29, 1.82) is 5.26 Å². The molecule has 2 N–H and O–H groups in total. The number of nitroso groups, excluding NO2 is 1. The Hall–Kier alpha value is -2.99. The van der Waals surface area contributed by atoms with Crippen LogP contribution in [0.5, 0.6) is 0 Å². The zero-order valence-corrected chi connectivity index (χ0v) is 17.7. The van der Waals surface area contributed by atoms with Gasteiger partial charge in [-0.1, -0.05) is 43.3 Å². The Labute approximate surface area is 177 Å². The first-order valence-electron chi connectivity index (χ1n) is 10.3. The van der Waals surface area contributed by atoms with Crippen molar-refractivity contribution in [2.24, 2.45) is 10.9 Å². The van der Waals surface area contributed by atoms with E-state index in [4.69, 9.17) is 11.0 Å². The van der Waals surface area contributed by atoms with Crippen LogP contribution < -0.4 is 5.73 Å². The minimum atomic E-state index is -0.860. The molecule has 0 aromatic heterocycles. The lowest BCUT2D eigenvalue weighted by molar-refractivity contribution is -0.132. The third-order valence-electron chi connectivity index (χ3n) is 5.28. The van der Waals surface area contributed by atoms with Gasteiger partial charge in [0.25, 0.3) is 0 Å². The largest absolute Gasteiger partial charge is 0.328 e. The molecule has 1 saturated heterocycles. The fourth-order valence-electron chi connectivity index (χ4n) is 3.66. The highest BCUT2D eigenvalue weighted by Gasteiger charge is 2.37. The van der Waals surface area contributed by atoms with Crippen molar-refractivity contribution in [2.45, 2.75) is 51.9 Å². The van der Waals surface area contributed by atoms with Crippen molar-refractivity contribution < 1.29 is 9.59 Å². The quantitative estimate of drug-likeness (QED) is 0.438. The van der Waals surface area contributed by atoms with Gasteiger partial charge in [0.15, 0.2) is 0 Å². The van der Waals surface area contributed by atoms with Crippen LogP contribution in [0.4, 0.5) is 4.79 Å². The predicted molar refractivity (Wildman–Crippen MR) is 113 cm³/mol. The first-order chi connectivity index (χ1) is 14.4. The van der Waals surface area contributed by atoms with Crippen molar-refractivity contribution in [3.05, 3.63) is 40.3 Å². The number of nitrogens with two attached hydrogens (primary N) is 1. The summed E-state index contributed by atoms with van der Waals surface area (Å²) in [6.45, 7) is 5.62. The molecule has 0 saturated carbocycles. The Balaban J connectivity index is 2.03. The van der Waals surface area contributed by atoms with Gasteiger partial charge < -0.3 is 20.4 Å². The van der Waals surface area contributed by atoms with Crippen LogP contribution in [0.15, 0.2) is 29.4 Å². The first-order valence-corrected chi connectivity index (χ1v) is 10.3. The van der Waals surface area contributed by atoms with Crippen LogP contribution in [0.25, 0.3) is 0 Å². The molecule has 1 aliphatic rings. The molecule has 162 valence electrons. The van der Waals surface area contributed by atoms with E-state index in [0.717, 1.165) is 24.0 Å². The lowest BCUT2D eigenvalue weighted by atomic mass is 10.1. The van der Waals surface area contributed by atoms with Crippen LogP contribution in [0.2, 0.25) is 0 Å². The van der Waals surface area contributed by atoms with Gasteiger partial charge in [0.1, 0.15) is 19.1 Å². The number of hydrogen-bond donors (Lipinski definition) is 1. The van der Waals surface area contributed by atoms with Crippen LogP contribution in [0.3, 0.4) is 0 Å². The minimum Gasteiger partial charge on any atom is -0.328 e. The summed E-state index contributed by atoms with van der Waals surface area (Å²) >= 11 is 0. The summed E-state index contributed by atoms with van der Waals surface area (Å²) in [5, 5.41) is 11.8. The number of nitriles is 1. The second-order valence-corrected chi connectivity index (χ2v) is 7.51. The van der Waals surface area contributed by atoms with E-state index in [9.17, 15) is 14.5 Å². The van der Waals surface area contributed by atoms with Gasteiger partial charge in [-0.05, 0) is 24.0 Å². The number of rotatable bonds is 11. The van der Waals surface area contributed by atoms with Gasteiger partial charge in [-0.25, -0.2) is 4.79 Å². The minimum absolute atomic E-state index is 0.00630. The van der Waals surface area contributed by atoms with Gasteiger partial charge in [-0.15, -0.1) is 0 Å². The van der Waals surface area contributed by atoms with Gasteiger partial charge in [-0.3, -0.25) is 4.79 Å². The number of carbonyl (C=O) groups excluding carboxylic acids is 2. The highest BCUT2D eigenvalue weighted by atomic mass is 16.3. The zero-order chi connectivity index (χ0) is 22.1. The summed E-state index contributed by atoms with van der Waals surface area (Å²) in [5.41, 5.74) is 7.89. The number of urea groups is 1. The smallest absolute Gasteiger partial charge is 0.320 e. The Kier molecular flexibility index (Phi) is 8.74. The van der Waals surface area contributed by atoms with Crippen molar-refractivity contribution >= 4 is 11.9 Å². The van der Waals surface area contributed by atoms with E-state index in [1.807, 2.05) is 44.2 Å². The number of amides is 3. The zero-order valence-electron chi connectivity index (χ0n) is 17.7. The number of hydrogen-bond acceptors (Lipinski definition) is 6. The molecule has 2 atom stereocenters. The fraction of sp³-hybridized carbons (Fsp3) is 0.571. The molecule has 9 nitrogen and oxygen atoms in total. The monoisotopic (exact) mass is 414 g/mol. The summed E-state index contributed by atoms with van der Waals surface area (Å²) < 4.78 is 0. The maximum Gasteiger partial charge on any atom is 0.320 e. The molecule has 0 bridgehead atoms. The highest BCUT2D eigenvalue weighted by Crippen LogP contribution is 2.22. The maximum absolute atomic E-state index is 13.0. The number of benzene rings is 1. The Morgan fingerprint density at radius 1 is 1.33 bits per heavy atom. The topological polar surface area (TPSA) is 123 Å². The molecule has 1 aromatic rings. The van der Waals surface area contributed by atoms with Crippen LogP contribution in [-0.2, 0) is 17.9 Å². The van der Waals surface area contributed by atoms with Crippen molar-refractivity contribution in [2.75, 3.05) is 26.2 Å². The highest BCUT2D eigenvalue weighted by molar-refractivity contribution is 5.84. The number of nitrogens with zero attached hydrogens (tertiary/aromatic N) is 5. The summed E-state index contributed by atoms with van der Waals surface area (Å²) in [5.74, 6) is -0.308. The lowest BCUT2D eigenvalue weighted by Gasteiger charge is -2.26.